The number of anilines is 1. The molecule has 2 N–H and O–H groups in total. The summed E-state index contributed by atoms with van der Waals surface area (Å²) in [5, 5.41) is 17.8. The van der Waals surface area contributed by atoms with Gasteiger partial charge in [0.25, 0.3) is 0 Å². The number of carbonyl (C=O) groups is 1. The molecule has 2 unspecified atom stereocenters. The lowest BCUT2D eigenvalue weighted by Crippen LogP contribution is -2.59. The highest BCUT2D eigenvalue weighted by Gasteiger charge is 2.56. The topological polar surface area (TPSA) is 78.6 Å². The summed E-state index contributed by atoms with van der Waals surface area (Å²) in [7, 11) is 0. The van der Waals surface area contributed by atoms with E-state index < -0.39 is 5.54 Å². The van der Waals surface area contributed by atoms with Crippen LogP contribution < -0.4 is 5.32 Å². The predicted octanol–water partition coefficient (Wildman–Crippen LogP) is 4.14. The van der Waals surface area contributed by atoms with Crippen molar-refractivity contribution in [1.82, 2.24) is 10.1 Å². The number of carbonyl (C=O) groups excluding carboxylic acids is 1. The Balaban J connectivity index is 1.68. The third-order valence-corrected chi connectivity index (χ3v) is 7.44. The van der Waals surface area contributed by atoms with Crippen LogP contribution in [0.2, 0.25) is 0 Å². The SMILES string of the molecule is Cc1noc(C)c1-c1ccc2c(c1)C(C1CCCCC1)(N1CCCC(O)C1)C(=O)N2. The maximum atomic E-state index is 13.7. The number of fused-ring (bicyclic) bond motifs is 1. The van der Waals surface area contributed by atoms with Crippen molar-refractivity contribution in [2.24, 2.45) is 5.92 Å². The van der Waals surface area contributed by atoms with Gasteiger partial charge in [0.2, 0.25) is 5.91 Å². The molecule has 1 aliphatic carbocycles. The number of benzene rings is 1. The third-order valence-electron chi connectivity index (χ3n) is 7.44. The Morgan fingerprint density at radius 3 is 2.67 bits per heavy atom. The lowest BCUT2D eigenvalue weighted by Gasteiger charge is -2.48. The summed E-state index contributed by atoms with van der Waals surface area (Å²) in [5.74, 6) is 1.13. The van der Waals surface area contributed by atoms with Gasteiger partial charge < -0.3 is 14.9 Å². The Hall–Kier alpha value is -2.18. The van der Waals surface area contributed by atoms with Gasteiger partial charge in [0, 0.05) is 23.4 Å². The van der Waals surface area contributed by atoms with Crippen LogP contribution in [-0.2, 0) is 10.3 Å². The fraction of sp³-hybridized carbons (Fsp3) is 0.583. The largest absolute Gasteiger partial charge is 0.392 e. The molecule has 0 bridgehead atoms. The Morgan fingerprint density at radius 2 is 1.97 bits per heavy atom. The molecule has 1 amide bonds. The van der Waals surface area contributed by atoms with E-state index in [4.69, 9.17) is 4.52 Å². The van der Waals surface area contributed by atoms with E-state index in [2.05, 4.69) is 21.4 Å². The van der Waals surface area contributed by atoms with E-state index in [1.807, 2.05) is 26.0 Å². The lowest BCUT2D eigenvalue weighted by molar-refractivity contribution is -0.136. The van der Waals surface area contributed by atoms with Crippen molar-refractivity contribution in [2.45, 2.75) is 70.4 Å². The van der Waals surface area contributed by atoms with Crippen LogP contribution in [0.4, 0.5) is 5.69 Å². The number of aromatic nitrogens is 1. The molecule has 30 heavy (non-hydrogen) atoms. The molecule has 2 fully saturated rings. The zero-order valence-electron chi connectivity index (χ0n) is 17.9. The zero-order chi connectivity index (χ0) is 20.9. The number of hydrogen-bond acceptors (Lipinski definition) is 5. The van der Waals surface area contributed by atoms with Crippen molar-refractivity contribution in [3.05, 3.63) is 35.2 Å². The smallest absolute Gasteiger partial charge is 0.249 e. The second-order valence-electron chi connectivity index (χ2n) is 9.26. The van der Waals surface area contributed by atoms with Crippen LogP contribution in [0.1, 0.15) is 62.0 Å². The average molecular weight is 410 g/mol. The maximum Gasteiger partial charge on any atom is 0.249 e. The molecule has 2 aromatic rings. The van der Waals surface area contributed by atoms with Crippen molar-refractivity contribution >= 4 is 11.6 Å². The number of aryl methyl sites for hydroxylation is 2. The molecule has 3 aliphatic rings. The van der Waals surface area contributed by atoms with Gasteiger partial charge in [-0.15, -0.1) is 0 Å². The number of nitrogens with one attached hydrogen (secondary N) is 1. The van der Waals surface area contributed by atoms with Crippen molar-refractivity contribution in [3.8, 4) is 11.1 Å². The number of nitrogens with zero attached hydrogens (tertiary/aromatic N) is 2. The van der Waals surface area contributed by atoms with Crippen LogP contribution in [0.15, 0.2) is 22.7 Å². The minimum Gasteiger partial charge on any atom is -0.392 e. The van der Waals surface area contributed by atoms with Crippen LogP contribution >= 0.6 is 0 Å². The van der Waals surface area contributed by atoms with E-state index in [1.54, 1.807) is 0 Å². The summed E-state index contributed by atoms with van der Waals surface area (Å²) in [5.41, 5.74) is 4.17. The van der Waals surface area contributed by atoms with E-state index in [9.17, 15) is 9.90 Å². The van der Waals surface area contributed by atoms with Crippen molar-refractivity contribution in [2.75, 3.05) is 18.4 Å². The average Bonchev–Trinajstić information content (AvgIpc) is 3.24. The molecule has 1 aromatic heterocycles. The number of aliphatic hydroxyl groups is 1. The molecule has 1 aromatic carbocycles. The van der Waals surface area contributed by atoms with Gasteiger partial charge in [0.1, 0.15) is 11.3 Å². The third kappa shape index (κ3) is 2.92. The number of rotatable bonds is 3. The fourth-order valence-corrected chi connectivity index (χ4v) is 6.13. The van der Waals surface area contributed by atoms with Gasteiger partial charge in [-0.3, -0.25) is 9.69 Å². The molecule has 3 heterocycles. The lowest BCUT2D eigenvalue weighted by atomic mass is 9.69. The van der Waals surface area contributed by atoms with E-state index in [0.29, 0.717) is 6.54 Å². The Kier molecular flexibility index (Phi) is 4.94. The molecule has 2 atom stereocenters. The van der Waals surface area contributed by atoms with Gasteiger partial charge >= 0.3 is 0 Å². The summed E-state index contributed by atoms with van der Waals surface area (Å²) >= 11 is 0. The normalized spacial score (nSPS) is 27.8. The summed E-state index contributed by atoms with van der Waals surface area (Å²) in [6.45, 7) is 5.29. The first-order valence-electron chi connectivity index (χ1n) is 11.3. The predicted molar refractivity (Wildman–Crippen MR) is 115 cm³/mol. The second-order valence-corrected chi connectivity index (χ2v) is 9.26. The van der Waals surface area contributed by atoms with Crippen molar-refractivity contribution in [3.63, 3.8) is 0 Å². The van der Waals surface area contributed by atoms with Gasteiger partial charge in [-0.2, -0.15) is 0 Å². The molecule has 6 heteroatoms. The highest BCUT2D eigenvalue weighted by molar-refractivity contribution is 6.06. The van der Waals surface area contributed by atoms with Gasteiger partial charge in [-0.05, 0) is 69.7 Å². The van der Waals surface area contributed by atoms with Gasteiger partial charge in [-0.1, -0.05) is 30.5 Å². The number of β-amino-alcohol motifs (C(OH)–C–C–N with tert-alkyl or cyclic N) is 1. The zero-order valence-corrected chi connectivity index (χ0v) is 17.9. The number of piperidine rings is 1. The van der Waals surface area contributed by atoms with E-state index in [-0.39, 0.29) is 17.9 Å². The first-order chi connectivity index (χ1) is 14.5. The Bertz CT molecular complexity index is 943. The summed E-state index contributed by atoms with van der Waals surface area (Å²) in [4.78, 5) is 16.0. The molecule has 0 radical (unpaired) electrons. The number of likely N-dealkylation sites (tertiary alicyclic amines) is 1. The number of aliphatic hydroxyl groups excluding tert-OH is 1. The fourth-order valence-electron chi connectivity index (χ4n) is 6.13. The van der Waals surface area contributed by atoms with Crippen molar-refractivity contribution < 1.29 is 14.4 Å². The van der Waals surface area contributed by atoms with Crippen LogP contribution in [0.25, 0.3) is 11.1 Å². The van der Waals surface area contributed by atoms with Crippen LogP contribution in [0.5, 0.6) is 0 Å². The summed E-state index contributed by atoms with van der Waals surface area (Å²) < 4.78 is 5.41. The monoisotopic (exact) mass is 409 g/mol. The molecule has 160 valence electrons. The number of hydrogen-bond donors (Lipinski definition) is 2. The first-order valence-corrected chi connectivity index (χ1v) is 11.3. The second kappa shape index (κ2) is 7.50. The summed E-state index contributed by atoms with van der Waals surface area (Å²) in [6.07, 6.45) is 7.02. The van der Waals surface area contributed by atoms with E-state index in [0.717, 1.165) is 78.9 Å². The Labute approximate surface area is 177 Å². The highest BCUT2D eigenvalue weighted by atomic mass is 16.5. The molecule has 5 rings (SSSR count). The first kappa shape index (κ1) is 19.8. The minimum atomic E-state index is -0.702. The molecular weight excluding hydrogens is 378 g/mol. The highest BCUT2D eigenvalue weighted by Crippen LogP contribution is 2.52. The Morgan fingerprint density at radius 1 is 1.17 bits per heavy atom. The van der Waals surface area contributed by atoms with E-state index >= 15 is 0 Å². The maximum absolute atomic E-state index is 13.7. The molecule has 1 saturated carbocycles. The summed E-state index contributed by atoms with van der Waals surface area (Å²) in [6, 6.07) is 6.25. The van der Waals surface area contributed by atoms with Crippen molar-refractivity contribution in [1.29, 1.82) is 0 Å². The van der Waals surface area contributed by atoms with E-state index in [1.165, 1.54) is 6.42 Å². The van der Waals surface area contributed by atoms with Crippen LogP contribution in [0, 0.1) is 19.8 Å². The van der Waals surface area contributed by atoms with Gasteiger partial charge in [0.15, 0.2) is 0 Å². The quantitative estimate of drug-likeness (QED) is 0.796. The molecule has 6 nitrogen and oxygen atoms in total. The molecular formula is C24H31N3O3. The standard InChI is InChI=1S/C24H31N3O3/c1-15-22(16(2)30-26-15)17-10-11-21-20(13-17)24(23(29)25-21,18-7-4-3-5-8-18)27-12-6-9-19(28)14-27/h10-11,13,18-19,28H,3-9,12,14H2,1-2H3,(H,25,29). The molecule has 2 aliphatic heterocycles. The minimum absolute atomic E-state index is 0.0782. The van der Waals surface area contributed by atoms with Gasteiger partial charge in [0.05, 0.1) is 11.8 Å². The van der Waals surface area contributed by atoms with Gasteiger partial charge in [-0.25, -0.2) is 0 Å². The van der Waals surface area contributed by atoms with Crippen LogP contribution in [-0.4, -0.2) is 40.3 Å². The molecule has 0 spiro atoms. The van der Waals surface area contributed by atoms with Crippen LogP contribution in [0.3, 0.4) is 0 Å². The number of amides is 1. The molecule has 1 saturated heterocycles.